The van der Waals surface area contributed by atoms with Crippen LogP contribution in [-0.4, -0.2) is 13.7 Å². The van der Waals surface area contributed by atoms with Crippen LogP contribution in [0.3, 0.4) is 0 Å². The van der Waals surface area contributed by atoms with Crippen molar-refractivity contribution in [3.8, 4) is 79.8 Å². The lowest BCUT2D eigenvalue weighted by Gasteiger charge is -2.15. The summed E-state index contributed by atoms with van der Waals surface area (Å²) in [6.07, 6.45) is 0. The molecule has 102 heavy (non-hydrogen) atoms. The minimum atomic E-state index is 0.619. The lowest BCUT2D eigenvalue weighted by atomic mass is 9.94. The molecule has 0 aliphatic carbocycles. The molecule has 0 spiro atoms. The fourth-order valence-corrected chi connectivity index (χ4v) is 17.0. The van der Waals surface area contributed by atoms with Crippen molar-refractivity contribution >= 4 is 141 Å². The van der Waals surface area contributed by atoms with Crippen LogP contribution in [0.25, 0.3) is 191 Å². The lowest BCUT2D eigenvalue weighted by Crippen LogP contribution is -1.97. The van der Waals surface area contributed by atoms with Gasteiger partial charge in [-0.1, -0.05) is 164 Å². The molecule has 6 aromatic heterocycles. The van der Waals surface area contributed by atoms with Crippen molar-refractivity contribution in [3.05, 3.63) is 332 Å². The van der Waals surface area contributed by atoms with E-state index in [1.54, 1.807) is 11.3 Å². The molecule has 0 aliphatic rings. The third kappa shape index (κ3) is 9.12. The predicted molar refractivity (Wildman–Crippen MR) is 419 cm³/mol. The summed E-state index contributed by atoms with van der Waals surface area (Å²) in [5, 5.41) is 43.1. The van der Waals surface area contributed by atoms with Crippen LogP contribution < -0.4 is 0 Å². The number of nitrogens with zero attached hydrogens (tertiary/aromatic N) is 6. The second-order valence-corrected chi connectivity index (χ2v) is 27.1. The lowest BCUT2D eigenvalue weighted by molar-refractivity contribution is 0.669. The SMILES string of the molecule is N#Cc1cccc(-c2cc(-c3cccc4c3sc3ccc(C#N)cc34)cc(-n3c4ccccc4c4c5oc6ccccc6c5ccc43)c2)c1.N#Cc1ccccc1-c1cc(-c2ccc3c(c2)c2ccccc2n3-c2ccccc2)cc(-n2c3ccccc3c3cc4oc5ccccc5c4cc32)c1. The second-order valence-electron chi connectivity index (χ2n) is 26.0. The molecule has 0 radical (unpaired) electrons. The summed E-state index contributed by atoms with van der Waals surface area (Å²) in [7, 11) is 0. The van der Waals surface area contributed by atoms with E-state index in [4.69, 9.17) is 8.83 Å². The first-order valence-electron chi connectivity index (χ1n) is 33.9. The average Bonchev–Trinajstić information content (AvgIpc) is 1.57. The Hall–Kier alpha value is -14.0. The van der Waals surface area contributed by atoms with Crippen LogP contribution in [-0.2, 0) is 0 Å². The molecule has 21 aromatic rings. The zero-order valence-corrected chi connectivity index (χ0v) is 55.2. The normalized spacial score (nSPS) is 11.7. The third-order valence-corrected chi connectivity index (χ3v) is 21.6. The smallest absolute Gasteiger partial charge is 0.145 e. The highest BCUT2D eigenvalue weighted by molar-refractivity contribution is 7.26. The standard InChI is InChI=1S/C49H29N3O.C44H23N3OS/c50-30-32-12-4-5-15-37(32)34-24-33(31-22-23-46-41(27-31)38-16-6-9-19-44(38)51(46)35-13-2-1-3-14-35)25-36(26-34)52-45-20-10-7-17-39(45)42-29-49-43(28-47(42)52)40-18-8-11-21-48(40)53-49;45-24-26-7-5-8-28(19-26)29-21-30(32-11-6-12-35-37-20-27(25-46)15-18-41(37)49-44(32)35)23-31(22-29)47-38-13-3-1-10-36(38)42-39(47)17-16-34-33-9-2-4-14-40(33)48-43(34)42/h1-29H;1-23H. The summed E-state index contributed by atoms with van der Waals surface area (Å²) in [6, 6.07) is 117. The Kier molecular flexibility index (Phi) is 13.2. The number of benzene rings is 15. The van der Waals surface area contributed by atoms with E-state index in [1.807, 2.05) is 78.9 Å². The van der Waals surface area contributed by atoms with Crippen LogP contribution in [0, 0.1) is 34.0 Å². The van der Waals surface area contributed by atoms with E-state index in [2.05, 4.69) is 268 Å². The van der Waals surface area contributed by atoms with E-state index in [1.165, 1.54) is 21.0 Å². The maximum Gasteiger partial charge on any atom is 0.145 e. The maximum absolute atomic E-state index is 10.2. The monoisotopic (exact) mass is 1320 g/mol. The van der Waals surface area contributed by atoms with Crippen LogP contribution in [0.5, 0.6) is 0 Å². The number of furan rings is 2. The number of nitriles is 3. The Morgan fingerprint density at radius 1 is 0.265 bits per heavy atom. The Morgan fingerprint density at radius 2 is 0.804 bits per heavy atom. The number of hydrogen-bond donors (Lipinski definition) is 0. The molecule has 0 aliphatic heterocycles. The minimum absolute atomic E-state index is 0.619. The van der Waals surface area contributed by atoms with Gasteiger partial charge >= 0.3 is 0 Å². The Morgan fingerprint density at radius 3 is 1.54 bits per heavy atom. The summed E-state index contributed by atoms with van der Waals surface area (Å²) < 4.78 is 22.3. The van der Waals surface area contributed by atoms with Gasteiger partial charge in [-0.3, -0.25) is 0 Å². The molecule has 0 unspecified atom stereocenters. The molecule has 0 saturated heterocycles. The molecular formula is C93H52N6O2S. The Balaban J connectivity index is 0.000000137. The van der Waals surface area contributed by atoms with E-state index in [0.29, 0.717) is 16.7 Å². The van der Waals surface area contributed by atoms with Gasteiger partial charge in [0.15, 0.2) is 0 Å². The van der Waals surface area contributed by atoms with E-state index in [0.717, 1.165) is 170 Å². The molecule has 15 aromatic carbocycles. The first-order chi connectivity index (χ1) is 50.4. The average molecular weight is 1320 g/mol. The molecule has 0 saturated carbocycles. The zero-order chi connectivity index (χ0) is 67.7. The van der Waals surface area contributed by atoms with Gasteiger partial charge in [0.1, 0.15) is 22.3 Å². The highest BCUT2D eigenvalue weighted by Gasteiger charge is 2.24. The van der Waals surface area contributed by atoms with Gasteiger partial charge in [0.25, 0.3) is 0 Å². The van der Waals surface area contributed by atoms with Gasteiger partial charge in [-0.05, 0) is 196 Å². The topological polar surface area (TPSA) is 112 Å². The van der Waals surface area contributed by atoms with Gasteiger partial charge in [-0.25, -0.2) is 0 Å². The van der Waals surface area contributed by atoms with Gasteiger partial charge in [0, 0.05) is 85.7 Å². The van der Waals surface area contributed by atoms with Crippen molar-refractivity contribution in [1.82, 2.24) is 13.7 Å². The summed E-state index contributed by atoms with van der Waals surface area (Å²) in [5.41, 5.74) is 23.6. The fourth-order valence-electron chi connectivity index (χ4n) is 15.8. The Labute approximate surface area is 587 Å². The summed E-state index contributed by atoms with van der Waals surface area (Å²) in [5.74, 6) is 0. The molecule has 9 heteroatoms. The van der Waals surface area contributed by atoms with Crippen molar-refractivity contribution < 1.29 is 8.83 Å². The summed E-state index contributed by atoms with van der Waals surface area (Å²) >= 11 is 1.75. The first kappa shape index (κ1) is 58.2. The molecule has 0 fully saturated rings. The molecule has 472 valence electrons. The van der Waals surface area contributed by atoms with E-state index in [-0.39, 0.29) is 0 Å². The molecule has 21 rings (SSSR count). The number of hydrogen-bond acceptors (Lipinski definition) is 6. The van der Waals surface area contributed by atoms with Crippen molar-refractivity contribution in [2.24, 2.45) is 0 Å². The molecule has 0 amide bonds. The first-order valence-corrected chi connectivity index (χ1v) is 34.7. The van der Waals surface area contributed by atoms with E-state index >= 15 is 0 Å². The molecule has 0 bridgehead atoms. The molecule has 8 nitrogen and oxygen atoms in total. The third-order valence-electron chi connectivity index (χ3n) is 20.3. The number of thiophene rings is 1. The number of rotatable bonds is 7. The molecule has 6 heterocycles. The molecule has 0 atom stereocenters. The van der Waals surface area contributed by atoms with Crippen LogP contribution in [0.2, 0.25) is 0 Å². The molecular weight excluding hydrogens is 1270 g/mol. The minimum Gasteiger partial charge on any atom is -0.456 e. The maximum atomic E-state index is 10.2. The van der Waals surface area contributed by atoms with Gasteiger partial charge < -0.3 is 22.5 Å². The van der Waals surface area contributed by atoms with E-state index in [9.17, 15) is 15.8 Å². The fraction of sp³-hybridized carbons (Fsp3) is 0. The number of aromatic nitrogens is 3. The van der Waals surface area contributed by atoms with Crippen molar-refractivity contribution in [3.63, 3.8) is 0 Å². The highest BCUT2D eigenvalue weighted by Crippen LogP contribution is 2.47. The summed E-state index contributed by atoms with van der Waals surface area (Å²) in [6.45, 7) is 0. The van der Waals surface area contributed by atoms with Gasteiger partial charge in [-0.15, -0.1) is 11.3 Å². The van der Waals surface area contributed by atoms with Crippen molar-refractivity contribution in [2.45, 2.75) is 0 Å². The van der Waals surface area contributed by atoms with E-state index < -0.39 is 0 Å². The summed E-state index contributed by atoms with van der Waals surface area (Å²) in [4.78, 5) is 0. The second kappa shape index (κ2) is 23.1. The Bertz CT molecular complexity index is 7260. The number of fused-ring (bicyclic) bond motifs is 19. The largest absolute Gasteiger partial charge is 0.456 e. The van der Waals surface area contributed by atoms with Gasteiger partial charge in [0.05, 0.1) is 73.4 Å². The van der Waals surface area contributed by atoms with Crippen molar-refractivity contribution in [2.75, 3.05) is 0 Å². The highest BCUT2D eigenvalue weighted by atomic mass is 32.1. The van der Waals surface area contributed by atoms with Crippen molar-refractivity contribution in [1.29, 1.82) is 15.8 Å². The van der Waals surface area contributed by atoms with Crippen LogP contribution in [0.4, 0.5) is 0 Å². The quantitative estimate of drug-likeness (QED) is 0.158. The van der Waals surface area contributed by atoms with Gasteiger partial charge in [0.2, 0.25) is 0 Å². The number of para-hydroxylation sites is 6. The molecule has 0 N–H and O–H groups in total. The predicted octanol–water partition coefficient (Wildman–Crippen LogP) is 25.1. The zero-order valence-electron chi connectivity index (χ0n) is 54.4. The van der Waals surface area contributed by atoms with Crippen LogP contribution in [0.1, 0.15) is 16.7 Å². The van der Waals surface area contributed by atoms with Crippen LogP contribution >= 0.6 is 11.3 Å². The van der Waals surface area contributed by atoms with Crippen LogP contribution in [0.15, 0.2) is 324 Å². The van der Waals surface area contributed by atoms with Gasteiger partial charge in [-0.2, -0.15) is 15.8 Å².